The number of aromatic amines is 1. The number of halogens is 1. The van der Waals surface area contributed by atoms with Crippen LogP contribution in [0.25, 0.3) is 17.0 Å². The van der Waals surface area contributed by atoms with Crippen molar-refractivity contribution in [2.75, 3.05) is 7.11 Å². The Hall–Kier alpha value is -1.74. The molecule has 0 aliphatic rings. The summed E-state index contributed by atoms with van der Waals surface area (Å²) in [4.78, 5) is 14.1. The zero-order valence-electron chi connectivity index (χ0n) is 8.66. The number of benzene rings is 1. The number of ether oxygens (including phenoxy) is 1. The molecule has 2 aromatic rings. The number of carbonyl (C=O) groups excluding carboxylic acids is 1. The summed E-state index contributed by atoms with van der Waals surface area (Å²) in [6.45, 7) is 0. The number of rotatable bonds is 2. The molecule has 0 atom stereocenters. The molecule has 1 aromatic heterocycles. The molecule has 0 aliphatic carbocycles. The Kier molecular flexibility index (Phi) is 2.97. The summed E-state index contributed by atoms with van der Waals surface area (Å²) in [5.74, 6) is -0.388. The summed E-state index contributed by atoms with van der Waals surface area (Å²) in [6.07, 6.45) is 4.85. The van der Waals surface area contributed by atoms with Crippen molar-refractivity contribution >= 4 is 34.5 Å². The first-order chi connectivity index (χ1) is 7.72. The Bertz CT molecular complexity index is 557. The van der Waals surface area contributed by atoms with Crippen molar-refractivity contribution in [3.8, 4) is 0 Å². The first kappa shape index (κ1) is 10.8. The molecule has 3 nitrogen and oxygen atoms in total. The van der Waals surface area contributed by atoms with Crippen LogP contribution in [0.1, 0.15) is 5.56 Å². The second-order valence-electron chi connectivity index (χ2n) is 3.26. The zero-order valence-corrected chi connectivity index (χ0v) is 9.41. The molecule has 0 bridgehead atoms. The van der Waals surface area contributed by atoms with Gasteiger partial charge in [-0.15, -0.1) is 0 Å². The first-order valence-electron chi connectivity index (χ1n) is 4.74. The fraction of sp³-hybridized carbons (Fsp3) is 0.0833. The van der Waals surface area contributed by atoms with Crippen LogP contribution in [-0.2, 0) is 9.53 Å². The van der Waals surface area contributed by atoms with Gasteiger partial charge < -0.3 is 9.72 Å². The van der Waals surface area contributed by atoms with E-state index < -0.39 is 0 Å². The van der Waals surface area contributed by atoms with E-state index in [2.05, 4.69) is 9.72 Å². The number of carbonyl (C=O) groups is 1. The van der Waals surface area contributed by atoms with Crippen LogP contribution >= 0.6 is 11.6 Å². The highest BCUT2D eigenvalue weighted by Gasteiger charge is 2.04. The van der Waals surface area contributed by atoms with Crippen molar-refractivity contribution in [2.24, 2.45) is 0 Å². The predicted molar refractivity (Wildman–Crippen MR) is 64.4 cm³/mol. The molecule has 1 N–H and O–H groups in total. The highest BCUT2D eigenvalue weighted by molar-refractivity contribution is 6.36. The van der Waals surface area contributed by atoms with E-state index in [1.807, 2.05) is 18.2 Å². The molecule has 0 radical (unpaired) electrons. The van der Waals surface area contributed by atoms with Crippen LogP contribution in [0.15, 0.2) is 30.5 Å². The number of fused-ring (bicyclic) bond motifs is 1. The Morgan fingerprint density at radius 2 is 2.31 bits per heavy atom. The van der Waals surface area contributed by atoms with Gasteiger partial charge in [0, 0.05) is 28.7 Å². The average molecular weight is 236 g/mol. The Morgan fingerprint density at radius 3 is 3.06 bits per heavy atom. The van der Waals surface area contributed by atoms with Gasteiger partial charge in [0.1, 0.15) is 0 Å². The van der Waals surface area contributed by atoms with Crippen LogP contribution in [0.5, 0.6) is 0 Å². The van der Waals surface area contributed by atoms with E-state index in [1.165, 1.54) is 13.2 Å². The minimum atomic E-state index is -0.388. The highest BCUT2D eigenvalue weighted by atomic mass is 35.5. The SMILES string of the molecule is COC(=O)C=Cc1c[nH]c2cccc(Cl)c12. The third-order valence-electron chi connectivity index (χ3n) is 2.29. The van der Waals surface area contributed by atoms with Crippen LogP contribution in [0.2, 0.25) is 5.02 Å². The van der Waals surface area contributed by atoms with E-state index >= 15 is 0 Å². The minimum absolute atomic E-state index is 0.388. The van der Waals surface area contributed by atoms with Crippen LogP contribution in [0, 0.1) is 0 Å². The zero-order chi connectivity index (χ0) is 11.5. The third-order valence-corrected chi connectivity index (χ3v) is 2.60. The fourth-order valence-electron chi connectivity index (χ4n) is 1.52. The van der Waals surface area contributed by atoms with E-state index in [1.54, 1.807) is 12.3 Å². The summed E-state index contributed by atoms with van der Waals surface area (Å²) >= 11 is 6.08. The van der Waals surface area contributed by atoms with Gasteiger partial charge in [-0.05, 0) is 18.2 Å². The number of nitrogens with one attached hydrogen (secondary N) is 1. The second kappa shape index (κ2) is 4.41. The summed E-state index contributed by atoms with van der Waals surface area (Å²) < 4.78 is 4.52. The van der Waals surface area contributed by atoms with E-state index in [0.717, 1.165) is 16.5 Å². The van der Waals surface area contributed by atoms with Crippen molar-refractivity contribution in [1.29, 1.82) is 0 Å². The Balaban J connectivity index is 2.46. The molecule has 0 fully saturated rings. The maximum atomic E-state index is 11.0. The van der Waals surface area contributed by atoms with Gasteiger partial charge in [0.15, 0.2) is 0 Å². The lowest BCUT2D eigenvalue weighted by Crippen LogP contribution is -1.92. The van der Waals surface area contributed by atoms with Crippen molar-refractivity contribution in [3.05, 3.63) is 41.1 Å². The van der Waals surface area contributed by atoms with E-state index in [0.29, 0.717) is 5.02 Å². The highest BCUT2D eigenvalue weighted by Crippen LogP contribution is 2.27. The molecule has 82 valence electrons. The molecule has 16 heavy (non-hydrogen) atoms. The van der Waals surface area contributed by atoms with Gasteiger partial charge in [0.25, 0.3) is 0 Å². The maximum absolute atomic E-state index is 11.0. The standard InChI is InChI=1S/C12H10ClNO2/c1-16-11(15)6-5-8-7-14-10-4-2-3-9(13)12(8)10/h2-7,14H,1H3. The van der Waals surface area contributed by atoms with Crippen molar-refractivity contribution in [2.45, 2.75) is 0 Å². The summed E-state index contributed by atoms with van der Waals surface area (Å²) in [5, 5.41) is 1.56. The van der Waals surface area contributed by atoms with Crippen molar-refractivity contribution in [1.82, 2.24) is 4.98 Å². The molecule has 0 amide bonds. The van der Waals surface area contributed by atoms with Gasteiger partial charge in [0.2, 0.25) is 0 Å². The molecule has 0 aliphatic heterocycles. The lowest BCUT2D eigenvalue weighted by molar-refractivity contribution is -0.134. The summed E-state index contributed by atoms with van der Waals surface area (Å²) in [7, 11) is 1.34. The predicted octanol–water partition coefficient (Wildman–Crippen LogP) is 3.01. The first-order valence-corrected chi connectivity index (χ1v) is 5.12. The molecule has 0 saturated heterocycles. The quantitative estimate of drug-likeness (QED) is 0.642. The molecule has 1 aromatic carbocycles. The molecule has 4 heteroatoms. The number of esters is 1. The Morgan fingerprint density at radius 1 is 1.50 bits per heavy atom. The van der Waals surface area contributed by atoms with Gasteiger partial charge in [0.05, 0.1) is 12.1 Å². The van der Waals surface area contributed by atoms with Crippen molar-refractivity contribution in [3.63, 3.8) is 0 Å². The molecule has 2 rings (SSSR count). The molecule has 0 saturated carbocycles. The molecule has 0 spiro atoms. The fourth-order valence-corrected chi connectivity index (χ4v) is 1.81. The summed E-state index contributed by atoms with van der Waals surface area (Å²) in [5.41, 5.74) is 1.81. The van der Waals surface area contributed by atoms with Crippen LogP contribution in [0.3, 0.4) is 0 Å². The second-order valence-corrected chi connectivity index (χ2v) is 3.67. The normalized spacial score (nSPS) is 11.1. The monoisotopic (exact) mass is 235 g/mol. The molecular formula is C12H10ClNO2. The van der Waals surface area contributed by atoms with Gasteiger partial charge in [-0.3, -0.25) is 0 Å². The largest absolute Gasteiger partial charge is 0.466 e. The van der Waals surface area contributed by atoms with E-state index in [9.17, 15) is 4.79 Å². The minimum Gasteiger partial charge on any atom is -0.466 e. The number of H-pyrrole nitrogens is 1. The number of aromatic nitrogens is 1. The molecular weight excluding hydrogens is 226 g/mol. The average Bonchev–Trinajstić information content (AvgIpc) is 2.70. The van der Waals surface area contributed by atoms with Gasteiger partial charge in [-0.25, -0.2) is 4.79 Å². The smallest absolute Gasteiger partial charge is 0.330 e. The molecule has 1 heterocycles. The number of hydrogen-bond acceptors (Lipinski definition) is 2. The van der Waals surface area contributed by atoms with Crippen LogP contribution in [-0.4, -0.2) is 18.1 Å². The topological polar surface area (TPSA) is 42.1 Å². The van der Waals surface area contributed by atoms with Crippen LogP contribution in [0.4, 0.5) is 0 Å². The van der Waals surface area contributed by atoms with Gasteiger partial charge in [-0.2, -0.15) is 0 Å². The van der Waals surface area contributed by atoms with E-state index in [4.69, 9.17) is 11.6 Å². The van der Waals surface area contributed by atoms with Crippen LogP contribution < -0.4 is 0 Å². The Labute approximate surface area is 97.7 Å². The summed E-state index contributed by atoms with van der Waals surface area (Å²) in [6, 6.07) is 5.61. The number of methoxy groups -OCH3 is 1. The van der Waals surface area contributed by atoms with E-state index in [-0.39, 0.29) is 5.97 Å². The van der Waals surface area contributed by atoms with Gasteiger partial charge in [-0.1, -0.05) is 17.7 Å². The molecule has 0 unspecified atom stereocenters. The lowest BCUT2D eigenvalue weighted by atomic mass is 10.1. The maximum Gasteiger partial charge on any atom is 0.330 e. The third kappa shape index (κ3) is 1.95. The lowest BCUT2D eigenvalue weighted by Gasteiger charge is -1.95. The van der Waals surface area contributed by atoms with Gasteiger partial charge >= 0.3 is 5.97 Å². The number of hydrogen-bond donors (Lipinski definition) is 1. The van der Waals surface area contributed by atoms with Crippen molar-refractivity contribution < 1.29 is 9.53 Å².